The standard InChI is InChI=1S/C15H24O5/c1-4-15(8-7-12(18)9-10(2)16)13(19)5-6-14(15)20-11(3)17/h10,14,16H,4-9H2,1-3H3. The number of carbonyl (C=O) groups is 3. The number of aliphatic hydroxyl groups excluding tert-OH is 1. The molecular weight excluding hydrogens is 260 g/mol. The summed E-state index contributed by atoms with van der Waals surface area (Å²) in [5.41, 5.74) is -0.722. The maximum absolute atomic E-state index is 12.2. The van der Waals surface area contributed by atoms with E-state index in [1.165, 1.54) is 6.92 Å². The van der Waals surface area contributed by atoms with E-state index in [4.69, 9.17) is 4.74 Å². The molecule has 3 unspecified atom stereocenters. The number of esters is 1. The van der Waals surface area contributed by atoms with Gasteiger partial charge in [0, 0.05) is 26.2 Å². The molecule has 5 heteroatoms. The summed E-state index contributed by atoms with van der Waals surface area (Å²) in [6.07, 6.45) is 1.15. The van der Waals surface area contributed by atoms with Gasteiger partial charge in [-0.25, -0.2) is 0 Å². The van der Waals surface area contributed by atoms with Crippen molar-refractivity contribution in [1.82, 2.24) is 0 Å². The molecule has 114 valence electrons. The quantitative estimate of drug-likeness (QED) is 0.721. The smallest absolute Gasteiger partial charge is 0.302 e. The number of hydrogen-bond donors (Lipinski definition) is 1. The van der Waals surface area contributed by atoms with E-state index in [9.17, 15) is 19.5 Å². The van der Waals surface area contributed by atoms with Gasteiger partial charge in [0.25, 0.3) is 0 Å². The Hall–Kier alpha value is -1.23. The van der Waals surface area contributed by atoms with Crippen molar-refractivity contribution in [3.8, 4) is 0 Å². The molecule has 1 fully saturated rings. The lowest BCUT2D eigenvalue weighted by molar-refractivity contribution is -0.154. The molecule has 1 rings (SSSR count). The van der Waals surface area contributed by atoms with Crippen LogP contribution in [-0.4, -0.2) is 34.9 Å². The predicted octanol–water partition coefficient (Wildman–Crippen LogP) is 1.80. The fourth-order valence-corrected chi connectivity index (χ4v) is 3.04. The lowest BCUT2D eigenvalue weighted by atomic mass is 9.75. The van der Waals surface area contributed by atoms with Crippen LogP contribution >= 0.6 is 0 Å². The Balaban J connectivity index is 2.74. The summed E-state index contributed by atoms with van der Waals surface area (Å²) < 4.78 is 5.28. The zero-order valence-corrected chi connectivity index (χ0v) is 12.5. The number of carbonyl (C=O) groups excluding carboxylic acids is 3. The van der Waals surface area contributed by atoms with Crippen molar-refractivity contribution in [3.05, 3.63) is 0 Å². The lowest BCUT2D eigenvalue weighted by Crippen LogP contribution is -2.38. The maximum Gasteiger partial charge on any atom is 0.302 e. The van der Waals surface area contributed by atoms with Crippen LogP contribution in [0.1, 0.15) is 59.3 Å². The van der Waals surface area contributed by atoms with Crippen molar-refractivity contribution in [2.75, 3.05) is 0 Å². The molecule has 1 N–H and O–H groups in total. The second kappa shape index (κ2) is 6.97. The van der Waals surface area contributed by atoms with Crippen LogP contribution in [0.25, 0.3) is 0 Å². The van der Waals surface area contributed by atoms with E-state index in [0.29, 0.717) is 25.7 Å². The third-order valence-corrected chi connectivity index (χ3v) is 4.12. The summed E-state index contributed by atoms with van der Waals surface area (Å²) in [5.74, 6) is -0.372. The van der Waals surface area contributed by atoms with Gasteiger partial charge in [-0.1, -0.05) is 6.92 Å². The first-order valence-electron chi connectivity index (χ1n) is 7.22. The van der Waals surface area contributed by atoms with Crippen molar-refractivity contribution >= 4 is 17.5 Å². The Morgan fingerprint density at radius 3 is 2.65 bits per heavy atom. The SMILES string of the molecule is CCC1(CCC(=O)CC(C)O)C(=O)CCC1OC(C)=O. The van der Waals surface area contributed by atoms with E-state index < -0.39 is 23.6 Å². The fraction of sp³-hybridized carbons (Fsp3) is 0.800. The van der Waals surface area contributed by atoms with Crippen molar-refractivity contribution < 1.29 is 24.2 Å². The fourth-order valence-electron chi connectivity index (χ4n) is 3.04. The second-order valence-corrected chi connectivity index (χ2v) is 5.66. The van der Waals surface area contributed by atoms with Gasteiger partial charge in [0.15, 0.2) is 0 Å². The van der Waals surface area contributed by atoms with Crippen molar-refractivity contribution in [3.63, 3.8) is 0 Å². The molecule has 0 saturated heterocycles. The van der Waals surface area contributed by atoms with E-state index in [-0.39, 0.29) is 24.4 Å². The molecule has 0 aromatic rings. The molecule has 1 aliphatic rings. The van der Waals surface area contributed by atoms with Gasteiger partial charge in [-0.3, -0.25) is 14.4 Å². The average Bonchev–Trinajstić information content (AvgIpc) is 2.63. The van der Waals surface area contributed by atoms with Crippen molar-refractivity contribution in [1.29, 1.82) is 0 Å². The van der Waals surface area contributed by atoms with Gasteiger partial charge >= 0.3 is 5.97 Å². The molecule has 5 nitrogen and oxygen atoms in total. The predicted molar refractivity (Wildman–Crippen MR) is 73.1 cm³/mol. The van der Waals surface area contributed by atoms with Crippen LogP contribution in [0.15, 0.2) is 0 Å². The zero-order valence-electron chi connectivity index (χ0n) is 12.5. The number of Topliss-reactive ketones (excluding diaryl/α,β-unsaturated/α-hetero) is 2. The molecule has 0 amide bonds. The minimum absolute atomic E-state index is 0.0610. The number of rotatable bonds is 7. The number of ketones is 2. The Bertz CT molecular complexity index is 388. The topological polar surface area (TPSA) is 80.7 Å². The van der Waals surface area contributed by atoms with E-state index in [0.717, 1.165) is 0 Å². The van der Waals surface area contributed by atoms with Gasteiger partial charge in [0.1, 0.15) is 17.7 Å². The maximum atomic E-state index is 12.2. The van der Waals surface area contributed by atoms with Crippen molar-refractivity contribution in [2.45, 2.75) is 71.5 Å². The summed E-state index contributed by atoms with van der Waals surface area (Å²) in [5, 5.41) is 9.20. The van der Waals surface area contributed by atoms with Gasteiger partial charge in [0.2, 0.25) is 0 Å². The minimum atomic E-state index is -0.722. The van der Waals surface area contributed by atoms with Gasteiger partial charge < -0.3 is 9.84 Å². The molecule has 3 atom stereocenters. The van der Waals surface area contributed by atoms with Gasteiger partial charge in [0.05, 0.1) is 11.5 Å². The monoisotopic (exact) mass is 284 g/mol. The minimum Gasteiger partial charge on any atom is -0.461 e. The summed E-state index contributed by atoms with van der Waals surface area (Å²) in [4.78, 5) is 35.1. The highest BCUT2D eigenvalue weighted by Crippen LogP contribution is 2.44. The molecule has 0 aromatic heterocycles. The highest BCUT2D eigenvalue weighted by molar-refractivity contribution is 5.89. The molecule has 0 radical (unpaired) electrons. The summed E-state index contributed by atoms with van der Waals surface area (Å²) in [7, 11) is 0. The first-order chi connectivity index (χ1) is 9.31. The van der Waals surface area contributed by atoms with Gasteiger partial charge in [-0.05, 0) is 26.2 Å². The van der Waals surface area contributed by atoms with E-state index >= 15 is 0 Å². The summed E-state index contributed by atoms with van der Waals surface area (Å²) in [6, 6.07) is 0. The Kier molecular flexibility index (Phi) is 5.87. The van der Waals surface area contributed by atoms with Crippen LogP contribution in [0.3, 0.4) is 0 Å². The summed E-state index contributed by atoms with van der Waals surface area (Å²) >= 11 is 0. The lowest BCUT2D eigenvalue weighted by Gasteiger charge is -2.32. The van der Waals surface area contributed by atoms with Gasteiger partial charge in [-0.2, -0.15) is 0 Å². The number of ether oxygens (including phenoxy) is 1. The molecule has 0 aliphatic heterocycles. The van der Waals surface area contributed by atoms with Crippen LogP contribution in [0.4, 0.5) is 0 Å². The molecule has 1 aliphatic carbocycles. The third kappa shape index (κ3) is 3.88. The van der Waals surface area contributed by atoms with Crippen LogP contribution in [-0.2, 0) is 19.1 Å². The first kappa shape index (κ1) is 16.8. The highest BCUT2D eigenvalue weighted by atomic mass is 16.5. The highest BCUT2D eigenvalue weighted by Gasteiger charge is 2.50. The Labute approximate surface area is 119 Å². The second-order valence-electron chi connectivity index (χ2n) is 5.66. The molecule has 20 heavy (non-hydrogen) atoms. The Morgan fingerprint density at radius 2 is 2.15 bits per heavy atom. The summed E-state index contributed by atoms with van der Waals surface area (Å²) in [6.45, 7) is 4.79. The zero-order chi connectivity index (χ0) is 15.3. The average molecular weight is 284 g/mol. The van der Waals surface area contributed by atoms with E-state index in [1.807, 2.05) is 6.92 Å². The Morgan fingerprint density at radius 1 is 1.50 bits per heavy atom. The third-order valence-electron chi connectivity index (χ3n) is 4.12. The molecule has 0 spiro atoms. The van der Waals surface area contributed by atoms with E-state index in [1.54, 1.807) is 6.92 Å². The molecular formula is C15H24O5. The first-order valence-corrected chi connectivity index (χ1v) is 7.22. The number of hydrogen-bond acceptors (Lipinski definition) is 5. The van der Waals surface area contributed by atoms with Crippen molar-refractivity contribution in [2.24, 2.45) is 5.41 Å². The van der Waals surface area contributed by atoms with E-state index in [2.05, 4.69) is 0 Å². The molecule has 0 heterocycles. The molecule has 0 bridgehead atoms. The van der Waals surface area contributed by atoms with Gasteiger partial charge in [-0.15, -0.1) is 0 Å². The van der Waals surface area contributed by atoms with Crippen LogP contribution in [0.2, 0.25) is 0 Å². The number of aliphatic hydroxyl groups is 1. The molecule has 0 aromatic carbocycles. The normalized spacial score (nSPS) is 27.4. The largest absolute Gasteiger partial charge is 0.461 e. The van der Waals surface area contributed by atoms with Crippen LogP contribution < -0.4 is 0 Å². The van der Waals surface area contributed by atoms with Crippen LogP contribution in [0.5, 0.6) is 0 Å². The molecule has 1 saturated carbocycles. The van der Waals surface area contributed by atoms with Crippen LogP contribution in [0, 0.1) is 5.41 Å².